The first-order chi connectivity index (χ1) is 6.86. The molecule has 0 aliphatic carbocycles. The summed E-state index contributed by atoms with van der Waals surface area (Å²) in [6.45, 7) is 0. The van der Waals surface area contributed by atoms with E-state index in [1.165, 1.54) is 0 Å². The minimum absolute atomic E-state index is 1.08. The Balaban J connectivity index is 2.24. The van der Waals surface area contributed by atoms with Gasteiger partial charge < -0.3 is 0 Å². The van der Waals surface area contributed by atoms with Crippen LogP contribution in [0.1, 0.15) is 0 Å². The second-order valence-electron chi connectivity index (χ2n) is 3.19. The number of nitrogens with zero attached hydrogens (tertiary/aromatic N) is 1. The number of pyridine rings is 1. The van der Waals surface area contributed by atoms with Gasteiger partial charge in [-0.2, -0.15) is 0 Å². The summed E-state index contributed by atoms with van der Waals surface area (Å²) in [6.07, 6.45) is 2.02. The van der Waals surface area contributed by atoms with Gasteiger partial charge in [0, 0.05) is 6.07 Å². The molecule has 1 aromatic heterocycles. The maximum atomic E-state index is 3.34. The van der Waals surface area contributed by atoms with Gasteiger partial charge in [-0.15, -0.1) is 0 Å². The van der Waals surface area contributed by atoms with Crippen molar-refractivity contribution in [3.05, 3.63) is 54.7 Å². The topological polar surface area (TPSA) is 15.9 Å². The number of aryl methyl sites for hydroxylation is 1. The lowest BCUT2D eigenvalue weighted by molar-refractivity contribution is -0.657. The Bertz CT molecular complexity index is 410. The summed E-state index contributed by atoms with van der Waals surface area (Å²) in [7, 11) is 2.02. The lowest BCUT2D eigenvalue weighted by Crippen LogP contribution is -2.30. The molecule has 2 heteroatoms. The van der Waals surface area contributed by atoms with Gasteiger partial charge >= 0.3 is 0 Å². The molecule has 0 aliphatic rings. The monoisotopic (exact) mass is 185 g/mol. The molecule has 2 nitrogen and oxygen atoms in total. The van der Waals surface area contributed by atoms with Crippen molar-refractivity contribution >= 4 is 11.5 Å². The minimum Gasteiger partial charge on any atom is -0.241 e. The molecule has 0 radical (unpaired) electrons. The van der Waals surface area contributed by atoms with E-state index in [9.17, 15) is 0 Å². The Labute approximate surface area is 83.8 Å². The summed E-state index contributed by atoms with van der Waals surface area (Å²) in [6, 6.07) is 16.2. The summed E-state index contributed by atoms with van der Waals surface area (Å²) in [4.78, 5) is 0. The fourth-order valence-corrected chi connectivity index (χ4v) is 1.32. The molecule has 14 heavy (non-hydrogen) atoms. The standard InChI is InChI=1S/C12H12N2/c1-14-10-6-5-9-12(14)13-11-7-3-2-4-8-11/h2-10H,1H3/p+1. The Hall–Kier alpha value is -1.83. The van der Waals surface area contributed by atoms with E-state index < -0.39 is 0 Å². The molecule has 0 bridgehead atoms. The van der Waals surface area contributed by atoms with Crippen LogP contribution >= 0.6 is 0 Å². The van der Waals surface area contributed by atoms with Crippen molar-refractivity contribution in [3.63, 3.8) is 0 Å². The second kappa shape index (κ2) is 3.92. The van der Waals surface area contributed by atoms with Crippen molar-refractivity contribution in [3.8, 4) is 0 Å². The minimum atomic E-state index is 1.08. The van der Waals surface area contributed by atoms with E-state index in [2.05, 4.69) is 5.32 Å². The van der Waals surface area contributed by atoms with Gasteiger partial charge in [0.2, 0.25) is 0 Å². The van der Waals surface area contributed by atoms with Gasteiger partial charge in [0.1, 0.15) is 5.69 Å². The van der Waals surface area contributed by atoms with E-state index in [4.69, 9.17) is 0 Å². The van der Waals surface area contributed by atoms with Gasteiger partial charge in [0.25, 0.3) is 5.82 Å². The Morgan fingerprint density at radius 3 is 2.36 bits per heavy atom. The van der Waals surface area contributed by atoms with Crippen LogP contribution < -0.4 is 9.88 Å². The zero-order valence-electron chi connectivity index (χ0n) is 8.14. The van der Waals surface area contributed by atoms with E-state index in [1.807, 2.05) is 66.3 Å². The van der Waals surface area contributed by atoms with Crippen LogP contribution in [0.3, 0.4) is 0 Å². The van der Waals surface area contributed by atoms with Crippen LogP contribution in [-0.4, -0.2) is 0 Å². The maximum absolute atomic E-state index is 3.34. The number of anilines is 2. The van der Waals surface area contributed by atoms with Crippen LogP contribution in [0.4, 0.5) is 11.5 Å². The van der Waals surface area contributed by atoms with Crippen LogP contribution in [0.2, 0.25) is 0 Å². The van der Waals surface area contributed by atoms with Gasteiger partial charge in [-0.3, -0.25) is 0 Å². The Morgan fingerprint density at radius 2 is 1.64 bits per heavy atom. The zero-order valence-corrected chi connectivity index (χ0v) is 8.14. The van der Waals surface area contributed by atoms with E-state index in [0.29, 0.717) is 0 Å². The molecule has 0 atom stereocenters. The number of hydrogen-bond acceptors (Lipinski definition) is 1. The summed E-state index contributed by atoms with van der Waals surface area (Å²) in [5.41, 5.74) is 1.11. The lowest BCUT2D eigenvalue weighted by atomic mass is 10.3. The molecule has 0 unspecified atom stereocenters. The van der Waals surface area contributed by atoms with Crippen molar-refractivity contribution in [2.24, 2.45) is 7.05 Å². The van der Waals surface area contributed by atoms with Gasteiger partial charge in [0.15, 0.2) is 0 Å². The Kier molecular flexibility index (Phi) is 2.45. The van der Waals surface area contributed by atoms with Crippen LogP contribution in [0.5, 0.6) is 0 Å². The number of hydrogen-bond donors (Lipinski definition) is 1. The quantitative estimate of drug-likeness (QED) is 0.710. The molecule has 0 aliphatic heterocycles. The van der Waals surface area contributed by atoms with Crippen molar-refractivity contribution in [2.75, 3.05) is 5.32 Å². The number of nitrogens with one attached hydrogen (secondary N) is 1. The molecule has 0 saturated heterocycles. The fourth-order valence-electron chi connectivity index (χ4n) is 1.32. The van der Waals surface area contributed by atoms with Crippen LogP contribution in [0.15, 0.2) is 54.7 Å². The first-order valence-corrected chi connectivity index (χ1v) is 4.63. The van der Waals surface area contributed by atoms with E-state index >= 15 is 0 Å². The summed E-state index contributed by atoms with van der Waals surface area (Å²) >= 11 is 0. The SMILES string of the molecule is C[n+]1ccccc1Nc1ccccc1. The largest absolute Gasteiger partial charge is 0.279 e. The third-order valence-electron chi connectivity index (χ3n) is 2.10. The molecular weight excluding hydrogens is 172 g/mol. The molecule has 0 amide bonds. The molecule has 2 rings (SSSR count). The number of para-hydroxylation sites is 1. The molecule has 70 valence electrons. The molecule has 1 heterocycles. The van der Waals surface area contributed by atoms with Crippen molar-refractivity contribution < 1.29 is 4.57 Å². The van der Waals surface area contributed by atoms with Gasteiger partial charge in [0.05, 0.1) is 13.2 Å². The summed E-state index contributed by atoms with van der Waals surface area (Å²) in [5.74, 6) is 1.08. The molecule has 0 saturated carbocycles. The smallest absolute Gasteiger partial charge is 0.241 e. The highest BCUT2D eigenvalue weighted by Gasteiger charge is 2.03. The first-order valence-electron chi connectivity index (χ1n) is 4.63. The second-order valence-corrected chi connectivity index (χ2v) is 3.19. The van der Waals surface area contributed by atoms with Crippen molar-refractivity contribution in [1.29, 1.82) is 0 Å². The Morgan fingerprint density at radius 1 is 0.929 bits per heavy atom. The zero-order chi connectivity index (χ0) is 9.80. The first kappa shape index (κ1) is 8.75. The molecule has 1 N–H and O–H groups in total. The summed E-state index contributed by atoms with van der Waals surface area (Å²) in [5, 5.41) is 3.34. The van der Waals surface area contributed by atoms with Crippen molar-refractivity contribution in [2.45, 2.75) is 0 Å². The van der Waals surface area contributed by atoms with E-state index in [-0.39, 0.29) is 0 Å². The van der Waals surface area contributed by atoms with Gasteiger partial charge in [-0.05, 0) is 18.2 Å². The normalized spacial score (nSPS) is 9.79. The van der Waals surface area contributed by atoms with Crippen LogP contribution in [-0.2, 0) is 7.05 Å². The van der Waals surface area contributed by atoms with Crippen LogP contribution in [0.25, 0.3) is 0 Å². The highest BCUT2D eigenvalue weighted by Crippen LogP contribution is 2.10. The van der Waals surface area contributed by atoms with E-state index in [0.717, 1.165) is 11.5 Å². The predicted molar refractivity (Wildman–Crippen MR) is 57.3 cm³/mol. The lowest BCUT2D eigenvalue weighted by Gasteiger charge is -2.01. The van der Waals surface area contributed by atoms with Crippen molar-refractivity contribution in [1.82, 2.24) is 0 Å². The average Bonchev–Trinajstić information content (AvgIpc) is 2.23. The number of benzene rings is 1. The van der Waals surface area contributed by atoms with Gasteiger partial charge in [-0.25, -0.2) is 9.88 Å². The molecule has 0 fully saturated rings. The fraction of sp³-hybridized carbons (Fsp3) is 0.0833. The predicted octanol–water partition coefficient (Wildman–Crippen LogP) is 2.25. The molecule has 2 aromatic rings. The average molecular weight is 185 g/mol. The van der Waals surface area contributed by atoms with Gasteiger partial charge in [-0.1, -0.05) is 24.3 Å². The van der Waals surface area contributed by atoms with E-state index in [1.54, 1.807) is 0 Å². The third kappa shape index (κ3) is 1.91. The maximum Gasteiger partial charge on any atom is 0.279 e. The third-order valence-corrected chi connectivity index (χ3v) is 2.10. The molecular formula is C12H13N2+. The number of aromatic nitrogens is 1. The molecule has 1 aromatic carbocycles. The molecule has 0 spiro atoms. The van der Waals surface area contributed by atoms with Crippen LogP contribution in [0, 0.1) is 0 Å². The number of rotatable bonds is 2. The highest BCUT2D eigenvalue weighted by molar-refractivity contribution is 5.53. The summed E-state index contributed by atoms with van der Waals surface area (Å²) < 4.78 is 2.05. The highest BCUT2D eigenvalue weighted by atomic mass is 15.1.